The number of esters is 1. The fraction of sp³-hybridized carbons (Fsp3) is 0.227. The van der Waals surface area contributed by atoms with Crippen molar-refractivity contribution in [2.75, 3.05) is 6.61 Å². The first-order valence-electron chi connectivity index (χ1n) is 8.78. The van der Waals surface area contributed by atoms with Gasteiger partial charge in [-0.05, 0) is 19.4 Å². The van der Waals surface area contributed by atoms with Gasteiger partial charge in [-0.2, -0.15) is 0 Å². The summed E-state index contributed by atoms with van der Waals surface area (Å²) in [5, 5.41) is 0. The third-order valence-electron chi connectivity index (χ3n) is 5.01. The summed E-state index contributed by atoms with van der Waals surface area (Å²) in [6, 6.07) is 17.2. The van der Waals surface area contributed by atoms with Gasteiger partial charge in [0.05, 0.1) is 12.3 Å². The Morgan fingerprint density at radius 1 is 1.04 bits per heavy atom. The Balaban J connectivity index is 1.92. The van der Waals surface area contributed by atoms with Gasteiger partial charge in [-0.15, -0.1) is 0 Å². The summed E-state index contributed by atoms with van der Waals surface area (Å²) in [5.41, 5.74) is 4.39. The number of allylic oxidation sites excluding steroid dienone is 1. The fourth-order valence-corrected chi connectivity index (χ4v) is 3.91. The number of rotatable bonds is 3. The Morgan fingerprint density at radius 2 is 1.69 bits per heavy atom. The SMILES string of the molecule is CCOC(=O)C1C(C)=NC2=C(C(=O)c3ccccc32)[C@@H]1c1ccccc1. The monoisotopic (exact) mass is 345 g/mol. The van der Waals surface area contributed by atoms with Crippen molar-refractivity contribution in [2.45, 2.75) is 19.8 Å². The third kappa shape index (κ3) is 2.41. The highest BCUT2D eigenvalue weighted by Gasteiger charge is 2.45. The van der Waals surface area contributed by atoms with Crippen molar-refractivity contribution in [1.29, 1.82) is 0 Å². The maximum atomic E-state index is 13.2. The number of Topliss-reactive ketones (excluding diaryl/α,β-unsaturated/α-hetero) is 1. The Labute approximate surface area is 152 Å². The van der Waals surface area contributed by atoms with E-state index in [2.05, 4.69) is 4.99 Å². The van der Waals surface area contributed by atoms with Crippen LogP contribution in [0.3, 0.4) is 0 Å². The van der Waals surface area contributed by atoms with Crippen LogP contribution in [0, 0.1) is 5.92 Å². The van der Waals surface area contributed by atoms with E-state index in [1.807, 2.05) is 61.5 Å². The number of carbonyl (C=O) groups excluding carboxylic acids is 2. The number of hydrogen-bond acceptors (Lipinski definition) is 4. The summed E-state index contributed by atoms with van der Waals surface area (Å²) >= 11 is 0. The number of benzene rings is 2. The molecule has 2 aromatic rings. The fourth-order valence-electron chi connectivity index (χ4n) is 3.91. The second-order valence-electron chi connectivity index (χ2n) is 6.51. The standard InChI is InChI=1S/C22H19NO3/c1-3-26-22(25)17-13(2)23-20-15-11-7-8-12-16(15)21(24)19(20)18(17)14-9-5-4-6-10-14/h4-12,17-18H,3H2,1-2H3/t17?,18-/m1/s1. The predicted molar refractivity (Wildman–Crippen MR) is 100 cm³/mol. The van der Waals surface area contributed by atoms with E-state index in [0.717, 1.165) is 11.1 Å². The molecule has 0 aromatic heterocycles. The van der Waals surface area contributed by atoms with Crippen molar-refractivity contribution in [3.63, 3.8) is 0 Å². The maximum Gasteiger partial charge on any atom is 0.315 e. The normalized spacial score (nSPS) is 21.2. The molecule has 2 aliphatic rings. The minimum atomic E-state index is -0.589. The summed E-state index contributed by atoms with van der Waals surface area (Å²) in [7, 11) is 0. The summed E-state index contributed by atoms with van der Waals surface area (Å²) in [6.07, 6.45) is 0. The van der Waals surface area contributed by atoms with Crippen molar-refractivity contribution in [3.8, 4) is 0 Å². The van der Waals surface area contributed by atoms with E-state index in [-0.39, 0.29) is 17.7 Å². The average Bonchev–Trinajstić information content (AvgIpc) is 2.94. The number of ketones is 1. The zero-order chi connectivity index (χ0) is 18.3. The van der Waals surface area contributed by atoms with Crippen LogP contribution in [0.25, 0.3) is 5.70 Å². The molecule has 4 heteroatoms. The van der Waals surface area contributed by atoms with Crippen molar-refractivity contribution in [2.24, 2.45) is 10.9 Å². The molecule has 0 radical (unpaired) electrons. The number of carbonyl (C=O) groups is 2. The highest BCUT2D eigenvalue weighted by atomic mass is 16.5. The molecule has 1 unspecified atom stereocenters. The molecule has 0 N–H and O–H groups in total. The lowest BCUT2D eigenvalue weighted by Crippen LogP contribution is -2.35. The lowest BCUT2D eigenvalue weighted by molar-refractivity contribution is -0.145. The van der Waals surface area contributed by atoms with E-state index in [4.69, 9.17) is 4.74 Å². The second-order valence-corrected chi connectivity index (χ2v) is 6.51. The van der Waals surface area contributed by atoms with Crippen LogP contribution in [-0.2, 0) is 9.53 Å². The van der Waals surface area contributed by atoms with Gasteiger partial charge in [0.1, 0.15) is 5.92 Å². The molecular weight excluding hydrogens is 326 g/mol. The lowest BCUT2D eigenvalue weighted by atomic mass is 9.75. The second kappa shape index (κ2) is 6.37. The maximum absolute atomic E-state index is 13.2. The van der Waals surface area contributed by atoms with E-state index in [1.165, 1.54) is 0 Å². The minimum absolute atomic E-state index is 0.0463. The molecule has 130 valence electrons. The molecule has 1 aliphatic carbocycles. The lowest BCUT2D eigenvalue weighted by Gasteiger charge is -2.30. The minimum Gasteiger partial charge on any atom is -0.465 e. The first kappa shape index (κ1) is 16.5. The van der Waals surface area contributed by atoms with E-state index < -0.39 is 5.92 Å². The number of ether oxygens (including phenoxy) is 1. The molecule has 0 fully saturated rings. The van der Waals surface area contributed by atoms with Crippen LogP contribution >= 0.6 is 0 Å². The highest BCUT2D eigenvalue weighted by molar-refractivity contribution is 6.24. The van der Waals surface area contributed by atoms with Gasteiger partial charge in [0.2, 0.25) is 0 Å². The molecule has 4 nitrogen and oxygen atoms in total. The number of nitrogens with zero attached hydrogens (tertiary/aromatic N) is 1. The Hall–Kier alpha value is -3.01. The summed E-state index contributed by atoms with van der Waals surface area (Å²) < 4.78 is 5.31. The van der Waals surface area contributed by atoms with Crippen LogP contribution < -0.4 is 0 Å². The van der Waals surface area contributed by atoms with Crippen LogP contribution in [0.15, 0.2) is 65.2 Å². The largest absolute Gasteiger partial charge is 0.465 e. The van der Waals surface area contributed by atoms with E-state index in [0.29, 0.717) is 29.2 Å². The number of aliphatic imine (C=N–C) groups is 1. The van der Waals surface area contributed by atoms with Gasteiger partial charge in [0, 0.05) is 28.3 Å². The topological polar surface area (TPSA) is 55.7 Å². The molecule has 0 spiro atoms. The van der Waals surface area contributed by atoms with Gasteiger partial charge in [0.25, 0.3) is 0 Å². The summed E-state index contributed by atoms with van der Waals surface area (Å²) in [4.78, 5) is 30.6. The zero-order valence-electron chi connectivity index (χ0n) is 14.7. The zero-order valence-corrected chi connectivity index (χ0v) is 14.7. The van der Waals surface area contributed by atoms with Crippen LogP contribution in [-0.4, -0.2) is 24.1 Å². The molecule has 0 amide bonds. The predicted octanol–water partition coefficient (Wildman–Crippen LogP) is 4.03. The van der Waals surface area contributed by atoms with Gasteiger partial charge in [-0.1, -0.05) is 54.6 Å². The van der Waals surface area contributed by atoms with Gasteiger partial charge in [0.15, 0.2) is 5.78 Å². The van der Waals surface area contributed by atoms with Gasteiger partial charge >= 0.3 is 5.97 Å². The summed E-state index contributed by atoms with van der Waals surface area (Å²) in [6.45, 7) is 3.92. The van der Waals surface area contributed by atoms with Gasteiger partial charge in [-0.3, -0.25) is 14.6 Å². The van der Waals surface area contributed by atoms with Crippen molar-refractivity contribution >= 4 is 23.2 Å². The Kier molecular flexibility index (Phi) is 4.03. The molecular formula is C22H19NO3. The van der Waals surface area contributed by atoms with Crippen molar-refractivity contribution < 1.29 is 14.3 Å². The van der Waals surface area contributed by atoms with Crippen molar-refractivity contribution in [3.05, 3.63) is 76.9 Å². The van der Waals surface area contributed by atoms with Crippen LogP contribution in [0.2, 0.25) is 0 Å². The molecule has 26 heavy (non-hydrogen) atoms. The Morgan fingerprint density at radius 3 is 2.38 bits per heavy atom. The van der Waals surface area contributed by atoms with E-state index in [1.54, 1.807) is 6.92 Å². The summed E-state index contributed by atoms with van der Waals surface area (Å²) in [5.74, 6) is -1.36. The first-order chi connectivity index (χ1) is 12.6. The van der Waals surface area contributed by atoms with E-state index in [9.17, 15) is 9.59 Å². The van der Waals surface area contributed by atoms with E-state index >= 15 is 0 Å². The first-order valence-corrected chi connectivity index (χ1v) is 8.78. The van der Waals surface area contributed by atoms with Crippen LogP contribution in [0.1, 0.15) is 41.3 Å². The molecule has 2 aromatic carbocycles. The molecule has 0 saturated carbocycles. The van der Waals surface area contributed by atoms with Crippen LogP contribution in [0.4, 0.5) is 0 Å². The van der Waals surface area contributed by atoms with Gasteiger partial charge in [-0.25, -0.2) is 0 Å². The average molecular weight is 345 g/mol. The number of fused-ring (bicyclic) bond motifs is 2. The quantitative estimate of drug-likeness (QED) is 0.789. The third-order valence-corrected chi connectivity index (χ3v) is 5.01. The smallest absolute Gasteiger partial charge is 0.315 e. The Bertz CT molecular complexity index is 956. The molecule has 0 saturated heterocycles. The molecule has 4 rings (SSSR count). The number of hydrogen-bond donors (Lipinski definition) is 0. The van der Waals surface area contributed by atoms with Crippen LogP contribution in [0.5, 0.6) is 0 Å². The molecule has 1 aliphatic heterocycles. The molecule has 0 bridgehead atoms. The highest BCUT2D eigenvalue weighted by Crippen LogP contribution is 2.47. The molecule has 2 atom stereocenters. The van der Waals surface area contributed by atoms with Gasteiger partial charge < -0.3 is 4.74 Å². The van der Waals surface area contributed by atoms with Crippen molar-refractivity contribution in [1.82, 2.24) is 0 Å². The molecule has 1 heterocycles.